The maximum Gasteiger partial charge on any atom is 0.257 e. The van der Waals surface area contributed by atoms with Crippen LogP contribution in [0.25, 0.3) is 0 Å². The number of halogens is 3. The molecule has 0 aromatic carbocycles. The van der Waals surface area contributed by atoms with Crippen molar-refractivity contribution in [2.45, 2.75) is 38.3 Å². The summed E-state index contributed by atoms with van der Waals surface area (Å²) in [7, 11) is 2.21. The van der Waals surface area contributed by atoms with Crippen LogP contribution in [-0.4, -0.2) is 85.8 Å². The Bertz CT molecular complexity index is 434. The molecule has 3 heterocycles. The Balaban J connectivity index is 0.00000225. The minimum absolute atomic E-state index is 0. The molecule has 3 rings (SSSR count). The number of likely N-dealkylation sites (tertiary alicyclic amines) is 2. The summed E-state index contributed by atoms with van der Waals surface area (Å²) < 4.78 is 5.38. The van der Waals surface area contributed by atoms with E-state index >= 15 is 0 Å². The summed E-state index contributed by atoms with van der Waals surface area (Å²) in [6.45, 7) is 8.86. The van der Waals surface area contributed by atoms with E-state index < -0.39 is 5.66 Å². The Morgan fingerprint density at radius 1 is 0.889 bits per heavy atom. The summed E-state index contributed by atoms with van der Waals surface area (Å²) in [6, 6.07) is 0. The van der Waals surface area contributed by atoms with Crippen molar-refractivity contribution in [1.29, 1.82) is 0 Å². The smallest absolute Gasteiger partial charge is 0.257 e. The lowest BCUT2D eigenvalue weighted by Crippen LogP contribution is -2.66. The Hall–Kier alpha value is 0.180. The number of nitrogens with two attached hydrogens (primary N) is 1. The molecule has 0 aromatic heterocycles. The number of morpholine rings is 1. The monoisotopic (exact) mass is 446 g/mol. The van der Waals surface area contributed by atoms with E-state index in [9.17, 15) is 4.79 Å². The molecular weight excluding hydrogens is 411 g/mol. The quantitative estimate of drug-likeness (QED) is 0.715. The zero-order chi connectivity index (χ0) is 17.2. The lowest BCUT2D eigenvalue weighted by atomic mass is 9.79. The van der Waals surface area contributed by atoms with E-state index in [0.29, 0.717) is 13.2 Å². The first-order valence-corrected chi connectivity index (χ1v) is 9.58. The molecule has 0 bridgehead atoms. The van der Waals surface area contributed by atoms with E-state index in [1.54, 1.807) is 0 Å². The van der Waals surface area contributed by atoms with Crippen LogP contribution in [0.15, 0.2) is 0 Å². The lowest BCUT2D eigenvalue weighted by Gasteiger charge is -2.44. The molecule has 0 unspecified atom stereocenters. The largest absolute Gasteiger partial charge is 0.379 e. The Kier molecular flexibility index (Phi) is 12.1. The first kappa shape index (κ1) is 27.2. The Labute approximate surface area is 182 Å². The van der Waals surface area contributed by atoms with Gasteiger partial charge in [-0.2, -0.15) is 0 Å². The van der Waals surface area contributed by atoms with Gasteiger partial charge in [-0.1, -0.05) is 0 Å². The first-order chi connectivity index (χ1) is 11.5. The van der Waals surface area contributed by atoms with E-state index in [1.807, 2.05) is 11.8 Å². The van der Waals surface area contributed by atoms with Crippen LogP contribution >= 0.6 is 37.2 Å². The van der Waals surface area contributed by atoms with E-state index in [0.717, 1.165) is 50.9 Å². The van der Waals surface area contributed by atoms with Crippen molar-refractivity contribution in [2.75, 3.05) is 59.5 Å². The van der Waals surface area contributed by atoms with Crippen LogP contribution in [0.3, 0.4) is 0 Å². The number of rotatable bonds is 3. The third-order valence-corrected chi connectivity index (χ3v) is 6.36. The standard InChI is InChI=1S/C18H34N4O2.3ClH/c1-18(19,22-11-13-24-14-12-22)17(23)21-9-5-16(6-10-21)15-3-7-20(2)8-4-15;;;/h15-16H,3-14,19H2,1-2H3;3*1H/t18-;;;/m0.../s1. The molecular formula is C18H37Cl3N4O2. The van der Waals surface area contributed by atoms with Crippen LogP contribution in [0, 0.1) is 11.8 Å². The lowest BCUT2D eigenvalue weighted by molar-refractivity contribution is -0.148. The van der Waals surface area contributed by atoms with Gasteiger partial charge in [0.2, 0.25) is 0 Å². The summed E-state index contributed by atoms with van der Waals surface area (Å²) in [5, 5.41) is 0. The average molecular weight is 448 g/mol. The molecule has 0 saturated carbocycles. The summed E-state index contributed by atoms with van der Waals surface area (Å²) in [5.41, 5.74) is 5.53. The fourth-order valence-electron chi connectivity index (χ4n) is 4.56. The van der Waals surface area contributed by atoms with Gasteiger partial charge in [0.1, 0.15) is 5.66 Å². The number of ether oxygens (including phenoxy) is 1. The highest BCUT2D eigenvalue weighted by atomic mass is 35.5. The molecule has 1 amide bonds. The summed E-state index contributed by atoms with van der Waals surface area (Å²) in [6.07, 6.45) is 4.91. The van der Waals surface area contributed by atoms with Gasteiger partial charge >= 0.3 is 0 Å². The molecule has 3 aliphatic rings. The Morgan fingerprint density at radius 3 is 1.81 bits per heavy atom. The number of nitrogens with zero attached hydrogens (tertiary/aromatic N) is 3. The van der Waals surface area contributed by atoms with E-state index in [-0.39, 0.29) is 43.1 Å². The summed E-state index contributed by atoms with van der Waals surface area (Å²) in [5.74, 6) is 1.73. The predicted molar refractivity (Wildman–Crippen MR) is 116 cm³/mol. The van der Waals surface area contributed by atoms with Gasteiger partial charge in [0, 0.05) is 26.2 Å². The summed E-state index contributed by atoms with van der Waals surface area (Å²) in [4.78, 5) is 19.5. The molecule has 0 aromatic rings. The van der Waals surface area contributed by atoms with E-state index in [1.165, 1.54) is 25.9 Å². The highest BCUT2D eigenvalue weighted by Gasteiger charge is 2.40. The topological polar surface area (TPSA) is 62.0 Å². The third-order valence-electron chi connectivity index (χ3n) is 6.36. The average Bonchev–Trinajstić information content (AvgIpc) is 2.62. The Morgan fingerprint density at radius 2 is 1.33 bits per heavy atom. The van der Waals surface area contributed by atoms with Crippen LogP contribution in [0.5, 0.6) is 0 Å². The second-order valence-corrected chi connectivity index (χ2v) is 8.02. The molecule has 3 aliphatic heterocycles. The van der Waals surface area contributed by atoms with Crippen LogP contribution in [0.1, 0.15) is 32.6 Å². The van der Waals surface area contributed by atoms with Gasteiger partial charge in [0.05, 0.1) is 13.2 Å². The van der Waals surface area contributed by atoms with Gasteiger partial charge in [-0.3, -0.25) is 9.69 Å². The minimum atomic E-state index is -0.899. The molecule has 0 spiro atoms. The van der Waals surface area contributed by atoms with Gasteiger partial charge in [0.15, 0.2) is 0 Å². The fraction of sp³-hybridized carbons (Fsp3) is 0.944. The molecule has 2 N–H and O–H groups in total. The maximum atomic E-state index is 13.0. The number of carbonyl (C=O) groups is 1. The van der Waals surface area contributed by atoms with Crippen LogP contribution < -0.4 is 5.73 Å². The molecule has 0 aliphatic carbocycles. The van der Waals surface area contributed by atoms with Crippen molar-refractivity contribution in [1.82, 2.24) is 14.7 Å². The van der Waals surface area contributed by atoms with Crippen LogP contribution in [0.2, 0.25) is 0 Å². The van der Waals surface area contributed by atoms with Gasteiger partial charge in [-0.15, -0.1) is 37.2 Å². The van der Waals surface area contributed by atoms with Gasteiger partial charge in [-0.25, -0.2) is 0 Å². The van der Waals surface area contributed by atoms with Crippen molar-refractivity contribution >= 4 is 43.1 Å². The van der Waals surface area contributed by atoms with Gasteiger partial charge < -0.3 is 20.3 Å². The molecule has 162 valence electrons. The van der Waals surface area contributed by atoms with Crippen molar-refractivity contribution < 1.29 is 9.53 Å². The number of hydrogen-bond acceptors (Lipinski definition) is 5. The molecule has 3 fully saturated rings. The van der Waals surface area contributed by atoms with Crippen LogP contribution in [0.4, 0.5) is 0 Å². The second kappa shape index (κ2) is 12.0. The van der Waals surface area contributed by atoms with Crippen molar-refractivity contribution in [3.63, 3.8) is 0 Å². The normalized spacial score (nSPS) is 25.5. The molecule has 1 atom stereocenters. The SMILES string of the molecule is CN1CCC(C2CCN(C(=O)[C@@](C)(N)N3CCOCC3)CC2)CC1.Cl.Cl.Cl. The molecule has 3 saturated heterocycles. The number of hydrogen-bond donors (Lipinski definition) is 1. The van der Waals surface area contributed by atoms with Gasteiger partial charge in [-0.05, 0) is 64.6 Å². The molecule has 0 radical (unpaired) electrons. The minimum Gasteiger partial charge on any atom is -0.379 e. The summed E-state index contributed by atoms with van der Waals surface area (Å²) >= 11 is 0. The zero-order valence-corrected chi connectivity index (χ0v) is 19.0. The first-order valence-electron chi connectivity index (χ1n) is 9.58. The van der Waals surface area contributed by atoms with Crippen molar-refractivity contribution in [2.24, 2.45) is 17.6 Å². The number of carbonyl (C=O) groups excluding carboxylic acids is 1. The molecule has 9 heteroatoms. The predicted octanol–water partition coefficient (Wildman–Crippen LogP) is 1.84. The second-order valence-electron chi connectivity index (χ2n) is 8.02. The highest BCUT2D eigenvalue weighted by molar-refractivity contribution is 5.86. The van der Waals surface area contributed by atoms with Gasteiger partial charge in [0.25, 0.3) is 5.91 Å². The highest BCUT2D eigenvalue weighted by Crippen LogP contribution is 2.32. The fourth-order valence-corrected chi connectivity index (χ4v) is 4.56. The number of piperidine rings is 2. The van der Waals surface area contributed by atoms with Crippen molar-refractivity contribution in [3.05, 3.63) is 0 Å². The van der Waals surface area contributed by atoms with E-state index in [2.05, 4.69) is 16.8 Å². The molecule has 6 nitrogen and oxygen atoms in total. The van der Waals surface area contributed by atoms with Crippen molar-refractivity contribution in [3.8, 4) is 0 Å². The van der Waals surface area contributed by atoms with Crippen LogP contribution in [-0.2, 0) is 9.53 Å². The maximum absolute atomic E-state index is 13.0. The zero-order valence-electron chi connectivity index (χ0n) is 16.6. The third kappa shape index (κ3) is 6.59. The molecule has 27 heavy (non-hydrogen) atoms. The van der Waals surface area contributed by atoms with E-state index in [4.69, 9.17) is 10.5 Å². The number of amides is 1.